The Kier molecular flexibility index (Phi) is 5.40. The van der Waals surface area contributed by atoms with Crippen LogP contribution in [0.4, 0.5) is 0 Å². The van der Waals surface area contributed by atoms with Gasteiger partial charge in [0, 0.05) is 22.4 Å². The second-order valence-corrected chi connectivity index (χ2v) is 6.15. The molecule has 2 rings (SSSR count). The lowest BCUT2D eigenvalue weighted by molar-refractivity contribution is 0.0953. The first-order valence-electron chi connectivity index (χ1n) is 5.98. The number of hydrogen-bond acceptors (Lipinski definition) is 6. The molecule has 0 saturated carbocycles. The highest BCUT2D eigenvalue weighted by Gasteiger charge is 2.05. The molecule has 1 aromatic carbocycles. The number of hydrogen-bond donors (Lipinski definition) is 2. The van der Waals surface area contributed by atoms with Crippen LogP contribution in [0.25, 0.3) is 0 Å². The summed E-state index contributed by atoms with van der Waals surface area (Å²) in [6, 6.07) is 6.92. The van der Waals surface area contributed by atoms with Crippen LogP contribution >= 0.6 is 23.1 Å². The lowest BCUT2D eigenvalue weighted by Gasteiger charge is -2.06. The summed E-state index contributed by atoms with van der Waals surface area (Å²) in [6.07, 6.45) is 0. The molecule has 0 aliphatic rings. The molecule has 0 radical (unpaired) electrons. The fourth-order valence-corrected chi connectivity index (χ4v) is 3.23. The second kappa shape index (κ2) is 7.28. The highest BCUT2D eigenvalue weighted by Crippen LogP contribution is 2.22. The molecule has 1 aromatic heterocycles. The minimum atomic E-state index is -0.330. The van der Waals surface area contributed by atoms with E-state index in [-0.39, 0.29) is 5.91 Å². The number of aryl methyl sites for hydroxylation is 1. The molecular formula is C13H15N3O2S2. The highest BCUT2D eigenvalue weighted by atomic mass is 32.2. The number of nitrogens with one attached hydrogen (secondary N) is 1. The van der Waals surface area contributed by atoms with Gasteiger partial charge in [0.2, 0.25) is 0 Å². The first-order chi connectivity index (χ1) is 9.69. The van der Waals surface area contributed by atoms with Gasteiger partial charge < -0.3 is 4.74 Å². The minimum absolute atomic E-state index is 0.330. The number of amides is 1. The van der Waals surface area contributed by atoms with Crippen molar-refractivity contribution in [2.45, 2.75) is 11.3 Å². The molecule has 0 aliphatic heterocycles. The van der Waals surface area contributed by atoms with E-state index >= 15 is 0 Å². The normalized spacial score (nSPS) is 10.3. The molecular weight excluding hydrogens is 294 g/mol. The maximum atomic E-state index is 11.4. The van der Waals surface area contributed by atoms with E-state index in [2.05, 4.69) is 10.4 Å². The largest absolute Gasteiger partial charge is 0.493 e. The van der Waals surface area contributed by atoms with Gasteiger partial charge >= 0.3 is 0 Å². The number of carbonyl (C=O) groups excluding carboxylic acids is 1. The number of benzene rings is 1. The van der Waals surface area contributed by atoms with Crippen LogP contribution in [0, 0.1) is 6.92 Å². The SMILES string of the molecule is Cc1csc(SCCOc2cccc(C(=O)NN)c2)n1. The van der Waals surface area contributed by atoms with E-state index in [9.17, 15) is 4.79 Å². The predicted octanol–water partition coefficient (Wildman–Crippen LogP) is 2.23. The van der Waals surface area contributed by atoms with Crippen molar-refractivity contribution in [3.8, 4) is 5.75 Å². The lowest BCUT2D eigenvalue weighted by Crippen LogP contribution is -2.29. The van der Waals surface area contributed by atoms with E-state index < -0.39 is 0 Å². The molecule has 0 aliphatic carbocycles. The monoisotopic (exact) mass is 309 g/mol. The third-order valence-corrected chi connectivity index (χ3v) is 4.51. The van der Waals surface area contributed by atoms with Gasteiger partial charge in [-0.3, -0.25) is 10.2 Å². The number of nitrogens with two attached hydrogens (primary N) is 1. The fraction of sp³-hybridized carbons (Fsp3) is 0.231. The van der Waals surface area contributed by atoms with Gasteiger partial charge in [0.25, 0.3) is 5.91 Å². The first-order valence-corrected chi connectivity index (χ1v) is 7.84. The minimum Gasteiger partial charge on any atom is -0.493 e. The van der Waals surface area contributed by atoms with Crippen molar-refractivity contribution < 1.29 is 9.53 Å². The molecule has 0 saturated heterocycles. The third-order valence-electron chi connectivity index (χ3n) is 2.40. The molecule has 3 N–H and O–H groups in total. The van der Waals surface area contributed by atoms with Crippen LogP contribution in [0.5, 0.6) is 5.75 Å². The molecule has 0 spiro atoms. The summed E-state index contributed by atoms with van der Waals surface area (Å²) in [7, 11) is 0. The molecule has 5 nitrogen and oxygen atoms in total. The summed E-state index contributed by atoms with van der Waals surface area (Å²) >= 11 is 3.29. The van der Waals surface area contributed by atoms with Crippen molar-refractivity contribution in [2.75, 3.05) is 12.4 Å². The average molecular weight is 309 g/mol. The molecule has 7 heteroatoms. The highest BCUT2D eigenvalue weighted by molar-refractivity contribution is 8.01. The number of carbonyl (C=O) groups is 1. The van der Waals surface area contributed by atoms with Gasteiger partial charge in [0.05, 0.1) is 6.61 Å². The smallest absolute Gasteiger partial charge is 0.265 e. The van der Waals surface area contributed by atoms with Gasteiger partial charge in [-0.1, -0.05) is 17.8 Å². The number of rotatable bonds is 6. The molecule has 0 atom stereocenters. The first kappa shape index (κ1) is 14.8. The predicted molar refractivity (Wildman–Crippen MR) is 81.2 cm³/mol. The Labute approximate surface area is 125 Å². The van der Waals surface area contributed by atoms with Gasteiger partial charge in [0.15, 0.2) is 0 Å². The van der Waals surface area contributed by atoms with Gasteiger partial charge in [-0.05, 0) is 25.1 Å². The zero-order valence-electron chi connectivity index (χ0n) is 11.0. The van der Waals surface area contributed by atoms with Crippen LogP contribution in [0.15, 0.2) is 34.0 Å². The van der Waals surface area contributed by atoms with Crippen LogP contribution in [-0.2, 0) is 0 Å². The van der Waals surface area contributed by atoms with E-state index in [1.807, 2.05) is 18.4 Å². The fourth-order valence-electron chi connectivity index (χ4n) is 1.50. The Morgan fingerprint density at radius 1 is 1.55 bits per heavy atom. The third kappa shape index (κ3) is 4.22. The molecule has 0 unspecified atom stereocenters. The zero-order chi connectivity index (χ0) is 14.4. The van der Waals surface area contributed by atoms with Crippen molar-refractivity contribution in [2.24, 2.45) is 5.84 Å². The lowest BCUT2D eigenvalue weighted by atomic mass is 10.2. The molecule has 0 fully saturated rings. The Balaban J connectivity index is 1.80. The standard InChI is InChI=1S/C13H15N3O2S2/c1-9-8-20-13(15-9)19-6-5-18-11-4-2-3-10(7-11)12(17)16-14/h2-4,7-8H,5-6,14H2,1H3,(H,16,17). The van der Waals surface area contributed by atoms with Crippen molar-refractivity contribution in [1.29, 1.82) is 0 Å². The van der Waals surface area contributed by atoms with E-state index in [0.29, 0.717) is 17.9 Å². The topological polar surface area (TPSA) is 77.2 Å². The number of nitrogens with zero attached hydrogens (tertiary/aromatic N) is 1. The zero-order valence-corrected chi connectivity index (χ0v) is 12.6. The average Bonchev–Trinajstić information content (AvgIpc) is 2.88. The summed E-state index contributed by atoms with van der Waals surface area (Å²) in [5, 5.41) is 2.03. The summed E-state index contributed by atoms with van der Waals surface area (Å²) < 4.78 is 6.65. The molecule has 0 bridgehead atoms. The Morgan fingerprint density at radius 2 is 2.40 bits per heavy atom. The number of nitrogen functional groups attached to an aromatic ring is 1. The van der Waals surface area contributed by atoms with E-state index in [1.54, 1.807) is 41.3 Å². The molecule has 1 heterocycles. The second-order valence-electron chi connectivity index (χ2n) is 3.95. The molecule has 2 aromatic rings. The van der Waals surface area contributed by atoms with Crippen molar-refractivity contribution >= 4 is 29.0 Å². The van der Waals surface area contributed by atoms with Gasteiger partial charge in [-0.25, -0.2) is 10.8 Å². The Bertz CT molecular complexity index is 587. The Morgan fingerprint density at radius 3 is 3.10 bits per heavy atom. The van der Waals surface area contributed by atoms with Gasteiger partial charge in [-0.15, -0.1) is 11.3 Å². The summed E-state index contributed by atoms with van der Waals surface area (Å²) in [5.74, 6) is 6.22. The van der Waals surface area contributed by atoms with Gasteiger partial charge in [-0.2, -0.15) is 0 Å². The quantitative estimate of drug-likeness (QED) is 0.281. The number of thiazole rings is 1. The van der Waals surface area contributed by atoms with E-state index in [1.165, 1.54) is 0 Å². The molecule has 20 heavy (non-hydrogen) atoms. The van der Waals surface area contributed by atoms with Crippen molar-refractivity contribution in [3.05, 3.63) is 40.9 Å². The van der Waals surface area contributed by atoms with Crippen molar-refractivity contribution in [3.63, 3.8) is 0 Å². The van der Waals surface area contributed by atoms with Crippen LogP contribution in [0.1, 0.15) is 16.1 Å². The van der Waals surface area contributed by atoms with Crippen LogP contribution in [0.2, 0.25) is 0 Å². The Hall–Kier alpha value is -1.57. The van der Waals surface area contributed by atoms with E-state index in [4.69, 9.17) is 10.6 Å². The van der Waals surface area contributed by atoms with E-state index in [0.717, 1.165) is 15.8 Å². The maximum absolute atomic E-state index is 11.4. The van der Waals surface area contributed by atoms with Crippen molar-refractivity contribution in [1.82, 2.24) is 10.4 Å². The molecule has 106 valence electrons. The maximum Gasteiger partial charge on any atom is 0.265 e. The molecule has 1 amide bonds. The van der Waals surface area contributed by atoms with Crippen LogP contribution < -0.4 is 16.0 Å². The summed E-state index contributed by atoms with van der Waals surface area (Å²) in [5.41, 5.74) is 3.61. The van der Waals surface area contributed by atoms with Crippen LogP contribution in [0.3, 0.4) is 0 Å². The van der Waals surface area contributed by atoms with Gasteiger partial charge in [0.1, 0.15) is 10.1 Å². The number of hydrazine groups is 1. The summed E-state index contributed by atoms with van der Waals surface area (Å²) in [4.78, 5) is 15.7. The van der Waals surface area contributed by atoms with Crippen LogP contribution in [-0.4, -0.2) is 23.3 Å². The number of ether oxygens (including phenoxy) is 1. The summed E-state index contributed by atoms with van der Waals surface area (Å²) in [6.45, 7) is 2.53. The number of thioether (sulfide) groups is 1. The number of aromatic nitrogens is 1.